The second-order valence-electron chi connectivity index (χ2n) is 4.59. The lowest BCUT2D eigenvalue weighted by Gasteiger charge is -2.14. The maximum absolute atomic E-state index is 11.4. The molecule has 20 heavy (non-hydrogen) atoms. The van der Waals surface area contributed by atoms with E-state index in [9.17, 15) is 14.7 Å². The third kappa shape index (κ3) is 4.26. The van der Waals surface area contributed by atoms with Gasteiger partial charge in [-0.2, -0.15) is 0 Å². The van der Waals surface area contributed by atoms with Crippen LogP contribution in [0.4, 0.5) is 0 Å². The zero-order chi connectivity index (χ0) is 15.1. The Hall–Kier alpha value is -2.04. The van der Waals surface area contributed by atoms with Gasteiger partial charge in [-0.3, -0.25) is 9.59 Å². The quantitative estimate of drug-likeness (QED) is 0.565. The zero-order valence-corrected chi connectivity index (χ0v) is 11.8. The number of hydrogen-bond acceptors (Lipinski definition) is 4. The van der Waals surface area contributed by atoms with Crippen molar-refractivity contribution < 1.29 is 24.5 Å². The third-order valence-electron chi connectivity index (χ3n) is 2.91. The van der Waals surface area contributed by atoms with Gasteiger partial charge < -0.3 is 14.9 Å². The van der Waals surface area contributed by atoms with Gasteiger partial charge in [0.15, 0.2) is 5.78 Å². The molecule has 0 fully saturated rings. The van der Waals surface area contributed by atoms with Gasteiger partial charge in [0.1, 0.15) is 11.5 Å². The molecular formula is C15H20O5. The molecule has 0 saturated carbocycles. The predicted molar refractivity (Wildman–Crippen MR) is 74.5 cm³/mol. The number of benzene rings is 1. The van der Waals surface area contributed by atoms with Gasteiger partial charge in [0.2, 0.25) is 0 Å². The Kier molecular flexibility index (Phi) is 6.03. The van der Waals surface area contributed by atoms with Crippen molar-refractivity contribution >= 4 is 11.8 Å². The first-order chi connectivity index (χ1) is 9.47. The minimum atomic E-state index is -0.864. The van der Waals surface area contributed by atoms with Gasteiger partial charge in [-0.1, -0.05) is 13.3 Å². The Morgan fingerprint density at radius 2 is 2.00 bits per heavy atom. The first-order valence-corrected chi connectivity index (χ1v) is 6.67. The molecule has 0 heterocycles. The average Bonchev–Trinajstić information content (AvgIpc) is 2.37. The number of ketones is 1. The van der Waals surface area contributed by atoms with Gasteiger partial charge in [0, 0.05) is 12.0 Å². The van der Waals surface area contributed by atoms with Crippen LogP contribution in [-0.2, 0) is 11.2 Å². The van der Waals surface area contributed by atoms with E-state index in [4.69, 9.17) is 9.84 Å². The van der Waals surface area contributed by atoms with Crippen LogP contribution in [0.5, 0.6) is 11.5 Å². The van der Waals surface area contributed by atoms with Gasteiger partial charge in [0.25, 0.3) is 0 Å². The molecule has 2 N–H and O–H groups in total. The highest BCUT2D eigenvalue weighted by Gasteiger charge is 2.15. The van der Waals surface area contributed by atoms with E-state index in [2.05, 4.69) is 0 Å². The lowest BCUT2D eigenvalue weighted by Crippen LogP contribution is -2.05. The molecule has 0 radical (unpaired) electrons. The fourth-order valence-electron chi connectivity index (χ4n) is 1.93. The molecule has 5 nitrogen and oxygen atoms in total. The van der Waals surface area contributed by atoms with Gasteiger partial charge in [-0.25, -0.2) is 0 Å². The highest BCUT2D eigenvalue weighted by Crippen LogP contribution is 2.33. The molecule has 0 aliphatic heterocycles. The number of phenolic OH excluding ortho intramolecular Hbond substituents is 1. The van der Waals surface area contributed by atoms with Gasteiger partial charge in [-0.05, 0) is 31.9 Å². The number of carboxylic acids is 1. The summed E-state index contributed by atoms with van der Waals surface area (Å²) >= 11 is 0. The summed E-state index contributed by atoms with van der Waals surface area (Å²) in [4.78, 5) is 21.8. The van der Waals surface area contributed by atoms with E-state index in [1.54, 1.807) is 6.07 Å². The normalized spacial score (nSPS) is 10.3. The van der Waals surface area contributed by atoms with Crippen LogP contribution in [0, 0.1) is 0 Å². The molecule has 0 saturated heterocycles. The van der Waals surface area contributed by atoms with Crippen LogP contribution in [0.2, 0.25) is 0 Å². The van der Waals surface area contributed by atoms with Crippen molar-refractivity contribution in [2.45, 2.75) is 39.5 Å². The molecule has 0 amide bonds. The molecule has 0 aromatic heterocycles. The lowest BCUT2D eigenvalue weighted by molar-refractivity contribution is -0.137. The van der Waals surface area contributed by atoms with Crippen LogP contribution in [0.1, 0.15) is 49.0 Å². The van der Waals surface area contributed by atoms with Crippen molar-refractivity contribution in [1.29, 1.82) is 0 Å². The van der Waals surface area contributed by atoms with E-state index >= 15 is 0 Å². The van der Waals surface area contributed by atoms with E-state index in [-0.39, 0.29) is 30.1 Å². The van der Waals surface area contributed by atoms with E-state index in [1.807, 2.05) is 6.92 Å². The van der Waals surface area contributed by atoms with Crippen LogP contribution in [0.3, 0.4) is 0 Å². The molecule has 0 unspecified atom stereocenters. The molecule has 1 aromatic rings. The van der Waals surface area contributed by atoms with Gasteiger partial charge in [0.05, 0.1) is 12.2 Å². The summed E-state index contributed by atoms with van der Waals surface area (Å²) in [7, 11) is 0. The number of aliphatic carboxylic acids is 1. The van der Waals surface area contributed by atoms with E-state index < -0.39 is 5.97 Å². The summed E-state index contributed by atoms with van der Waals surface area (Å²) in [5, 5.41) is 18.7. The molecule has 0 spiro atoms. The molecule has 110 valence electrons. The van der Waals surface area contributed by atoms with Crippen LogP contribution in [0.15, 0.2) is 12.1 Å². The Morgan fingerprint density at radius 3 is 2.55 bits per heavy atom. The van der Waals surface area contributed by atoms with E-state index in [1.165, 1.54) is 13.0 Å². The molecule has 5 heteroatoms. The highest BCUT2D eigenvalue weighted by molar-refractivity contribution is 5.97. The number of Topliss-reactive ketones (excluding diaryl/α,β-unsaturated/α-hetero) is 1. The second-order valence-corrected chi connectivity index (χ2v) is 4.59. The fraction of sp³-hybridized carbons (Fsp3) is 0.467. The predicted octanol–water partition coefficient (Wildman–Crippen LogP) is 2.79. The summed E-state index contributed by atoms with van der Waals surface area (Å²) in [6.45, 7) is 3.63. The van der Waals surface area contributed by atoms with Crippen molar-refractivity contribution in [3.63, 3.8) is 0 Å². The van der Waals surface area contributed by atoms with Crippen molar-refractivity contribution in [3.8, 4) is 11.5 Å². The smallest absolute Gasteiger partial charge is 0.303 e. The van der Waals surface area contributed by atoms with E-state index in [0.29, 0.717) is 24.2 Å². The molecule has 0 atom stereocenters. The number of ether oxygens (including phenoxy) is 1. The van der Waals surface area contributed by atoms with E-state index in [0.717, 1.165) is 6.42 Å². The summed E-state index contributed by atoms with van der Waals surface area (Å²) in [5.74, 6) is -0.579. The number of carbonyl (C=O) groups is 2. The number of carboxylic acid groups (broad SMARTS) is 1. The maximum atomic E-state index is 11.4. The van der Waals surface area contributed by atoms with Gasteiger partial charge >= 0.3 is 5.97 Å². The topological polar surface area (TPSA) is 83.8 Å². The zero-order valence-electron chi connectivity index (χ0n) is 11.8. The Bertz CT molecular complexity index is 493. The van der Waals surface area contributed by atoms with Gasteiger partial charge in [-0.15, -0.1) is 0 Å². The molecule has 0 aliphatic carbocycles. The summed E-state index contributed by atoms with van der Waals surface area (Å²) < 4.78 is 5.52. The number of carbonyl (C=O) groups excluding carboxylic acids is 1. The van der Waals surface area contributed by atoms with Crippen LogP contribution in [0.25, 0.3) is 0 Å². The van der Waals surface area contributed by atoms with Crippen molar-refractivity contribution in [2.75, 3.05) is 6.61 Å². The Labute approximate surface area is 118 Å². The summed E-state index contributed by atoms with van der Waals surface area (Å²) in [6, 6.07) is 3.19. The summed E-state index contributed by atoms with van der Waals surface area (Å²) in [5.41, 5.74) is 0.891. The van der Waals surface area contributed by atoms with Crippen LogP contribution < -0.4 is 4.74 Å². The monoisotopic (exact) mass is 280 g/mol. The van der Waals surface area contributed by atoms with Crippen molar-refractivity contribution in [2.24, 2.45) is 0 Å². The minimum absolute atomic E-state index is 0.0323. The van der Waals surface area contributed by atoms with Crippen molar-refractivity contribution in [3.05, 3.63) is 23.3 Å². The first-order valence-electron chi connectivity index (χ1n) is 6.67. The summed E-state index contributed by atoms with van der Waals surface area (Å²) in [6.07, 6.45) is 1.85. The largest absolute Gasteiger partial charge is 0.507 e. The van der Waals surface area contributed by atoms with Crippen molar-refractivity contribution in [1.82, 2.24) is 0 Å². The van der Waals surface area contributed by atoms with Crippen LogP contribution in [-0.4, -0.2) is 28.6 Å². The number of phenols is 1. The standard InChI is InChI=1S/C15H20O5/c1-3-5-12-13(20-9-4-6-14(17)18)8-7-11(10(2)16)15(12)19/h7-8,19H,3-6,9H2,1-2H3,(H,17,18). The first kappa shape index (κ1) is 16.0. The molecular weight excluding hydrogens is 260 g/mol. The maximum Gasteiger partial charge on any atom is 0.303 e. The highest BCUT2D eigenvalue weighted by atomic mass is 16.5. The second kappa shape index (κ2) is 7.53. The SMILES string of the molecule is CCCc1c(OCCCC(=O)O)ccc(C(C)=O)c1O. The lowest BCUT2D eigenvalue weighted by atomic mass is 10.0. The average molecular weight is 280 g/mol. The molecule has 1 aromatic carbocycles. The van der Waals surface area contributed by atoms with Crippen LogP contribution >= 0.6 is 0 Å². The minimum Gasteiger partial charge on any atom is -0.507 e. The Morgan fingerprint density at radius 1 is 1.30 bits per heavy atom. The number of hydrogen-bond donors (Lipinski definition) is 2. The Balaban J connectivity index is 2.87. The third-order valence-corrected chi connectivity index (χ3v) is 2.91. The number of aromatic hydroxyl groups is 1. The molecule has 0 aliphatic rings. The fourth-order valence-corrected chi connectivity index (χ4v) is 1.93. The molecule has 1 rings (SSSR count). The molecule has 0 bridgehead atoms. The number of rotatable bonds is 8.